The molecule has 0 spiro atoms. The van der Waals surface area contributed by atoms with Crippen molar-refractivity contribution in [1.29, 1.82) is 0 Å². The van der Waals surface area contributed by atoms with Gasteiger partial charge in [-0.1, -0.05) is 42.5 Å². The summed E-state index contributed by atoms with van der Waals surface area (Å²) in [5.41, 5.74) is 7.72. The Morgan fingerprint density at radius 2 is 1.76 bits per heavy atom. The van der Waals surface area contributed by atoms with E-state index in [1.807, 2.05) is 54.6 Å². The summed E-state index contributed by atoms with van der Waals surface area (Å²) in [6, 6.07) is 16.2. The summed E-state index contributed by atoms with van der Waals surface area (Å²) >= 11 is 0. The van der Waals surface area contributed by atoms with Gasteiger partial charge in [0.2, 0.25) is 5.91 Å². The molecule has 1 unspecified atom stereocenters. The summed E-state index contributed by atoms with van der Waals surface area (Å²) in [6.07, 6.45) is 0. The lowest BCUT2D eigenvalue weighted by Gasteiger charge is -2.12. The predicted octanol–water partition coefficient (Wildman–Crippen LogP) is 2.43. The monoisotopic (exact) mass is 306 g/mol. The van der Waals surface area contributed by atoms with E-state index in [0.29, 0.717) is 6.54 Å². The van der Waals surface area contributed by atoms with E-state index in [1.54, 1.807) is 7.11 Å². The molecule has 0 heterocycles. The molecule has 1 amide bonds. The molecular weight excluding hydrogens is 288 g/mol. The molecule has 21 heavy (non-hydrogen) atoms. The fourth-order valence-electron chi connectivity index (χ4n) is 1.85. The summed E-state index contributed by atoms with van der Waals surface area (Å²) in [7, 11) is 1.62. The van der Waals surface area contributed by atoms with Crippen LogP contribution >= 0.6 is 12.4 Å². The average molecular weight is 307 g/mol. The number of carbonyl (C=O) groups excluding carboxylic acids is 1. The molecule has 5 heteroatoms. The SMILES string of the molecule is COc1ccc(CNC(=O)C(N)c2ccccc2)cc1.Cl. The van der Waals surface area contributed by atoms with Gasteiger partial charge in [0.15, 0.2) is 0 Å². The first kappa shape index (κ1) is 17.0. The molecule has 1 atom stereocenters. The molecule has 112 valence electrons. The van der Waals surface area contributed by atoms with E-state index >= 15 is 0 Å². The lowest BCUT2D eigenvalue weighted by atomic mass is 10.1. The van der Waals surface area contributed by atoms with E-state index in [9.17, 15) is 4.79 Å². The van der Waals surface area contributed by atoms with Crippen LogP contribution in [0.4, 0.5) is 0 Å². The fraction of sp³-hybridized carbons (Fsp3) is 0.188. The highest BCUT2D eigenvalue weighted by Gasteiger charge is 2.14. The minimum absolute atomic E-state index is 0. The van der Waals surface area contributed by atoms with Gasteiger partial charge in [-0.2, -0.15) is 0 Å². The number of ether oxygens (including phenoxy) is 1. The largest absolute Gasteiger partial charge is 0.497 e. The van der Waals surface area contributed by atoms with E-state index in [-0.39, 0.29) is 18.3 Å². The minimum Gasteiger partial charge on any atom is -0.497 e. The van der Waals surface area contributed by atoms with Crippen LogP contribution in [0.1, 0.15) is 17.2 Å². The Morgan fingerprint density at radius 3 is 2.33 bits per heavy atom. The highest BCUT2D eigenvalue weighted by atomic mass is 35.5. The molecule has 0 aliphatic carbocycles. The number of hydrogen-bond acceptors (Lipinski definition) is 3. The van der Waals surface area contributed by atoms with Crippen LogP contribution in [0.25, 0.3) is 0 Å². The highest BCUT2D eigenvalue weighted by molar-refractivity contribution is 5.85. The van der Waals surface area contributed by atoms with Crippen molar-refractivity contribution in [2.45, 2.75) is 12.6 Å². The smallest absolute Gasteiger partial charge is 0.241 e. The molecule has 0 aliphatic heterocycles. The topological polar surface area (TPSA) is 64.3 Å². The second-order valence-corrected chi connectivity index (χ2v) is 4.45. The maximum Gasteiger partial charge on any atom is 0.241 e. The van der Waals surface area contributed by atoms with Crippen LogP contribution in [0.5, 0.6) is 5.75 Å². The summed E-state index contributed by atoms with van der Waals surface area (Å²) in [5.74, 6) is 0.605. The third-order valence-corrected chi connectivity index (χ3v) is 3.07. The molecule has 2 rings (SSSR count). The van der Waals surface area contributed by atoms with Gasteiger partial charge in [0.05, 0.1) is 7.11 Å². The van der Waals surface area contributed by atoms with Crippen molar-refractivity contribution < 1.29 is 9.53 Å². The molecule has 0 radical (unpaired) electrons. The standard InChI is InChI=1S/C16H18N2O2.ClH/c1-20-14-9-7-12(8-10-14)11-18-16(19)15(17)13-5-3-2-4-6-13;/h2-10,15H,11,17H2,1H3,(H,18,19);1H. The molecule has 0 aliphatic rings. The molecule has 0 saturated carbocycles. The Kier molecular flexibility index (Phi) is 6.72. The van der Waals surface area contributed by atoms with Crippen LogP contribution in [-0.2, 0) is 11.3 Å². The van der Waals surface area contributed by atoms with E-state index in [2.05, 4.69) is 5.32 Å². The van der Waals surface area contributed by atoms with Crippen molar-refractivity contribution in [2.75, 3.05) is 7.11 Å². The summed E-state index contributed by atoms with van der Waals surface area (Å²) in [5, 5.41) is 2.83. The first-order valence-corrected chi connectivity index (χ1v) is 6.42. The number of nitrogens with one attached hydrogen (secondary N) is 1. The molecule has 2 aromatic carbocycles. The van der Waals surface area contributed by atoms with Crippen molar-refractivity contribution in [3.8, 4) is 5.75 Å². The number of amides is 1. The Bertz CT molecular complexity index is 558. The second-order valence-electron chi connectivity index (χ2n) is 4.45. The maximum absolute atomic E-state index is 12.0. The highest BCUT2D eigenvalue weighted by Crippen LogP contribution is 2.12. The molecule has 0 fully saturated rings. The molecule has 4 nitrogen and oxygen atoms in total. The number of methoxy groups -OCH3 is 1. The summed E-state index contributed by atoms with van der Waals surface area (Å²) in [4.78, 5) is 12.0. The number of benzene rings is 2. The number of nitrogens with two attached hydrogens (primary N) is 1. The van der Waals surface area contributed by atoms with Gasteiger partial charge in [-0.25, -0.2) is 0 Å². The molecule has 0 bridgehead atoms. The zero-order valence-corrected chi connectivity index (χ0v) is 12.6. The minimum atomic E-state index is -0.644. The zero-order valence-electron chi connectivity index (χ0n) is 11.8. The Labute approximate surface area is 130 Å². The average Bonchev–Trinajstić information content (AvgIpc) is 2.53. The lowest BCUT2D eigenvalue weighted by Crippen LogP contribution is -2.33. The zero-order chi connectivity index (χ0) is 14.4. The Morgan fingerprint density at radius 1 is 1.14 bits per heavy atom. The van der Waals surface area contributed by atoms with Crippen molar-refractivity contribution in [1.82, 2.24) is 5.32 Å². The summed E-state index contributed by atoms with van der Waals surface area (Å²) in [6.45, 7) is 0.448. The normalized spacial score (nSPS) is 11.1. The van der Waals surface area contributed by atoms with E-state index in [0.717, 1.165) is 16.9 Å². The first-order chi connectivity index (χ1) is 9.70. The molecule has 2 aromatic rings. The van der Waals surface area contributed by atoms with E-state index < -0.39 is 6.04 Å². The predicted molar refractivity (Wildman–Crippen MR) is 85.5 cm³/mol. The Balaban J connectivity index is 0.00000220. The van der Waals surface area contributed by atoms with Gasteiger partial charge in [0.1, 0.15) is 11.8 Å². The Hall–Kier alpha value is -2.04. The van der Waals surface area contributed by atoms with Crippen molar-refractivity contribution in [3.05, 3.63) is 65.7 Å². The van der Waals surface area contributed by atoms with Crippen LogP contribution in [-0.4, -0.2) is 13.0 Å². The van der Waals surface area contributed by atoms with Gasteiger partial charge in [0.25, 0.3) is 0 Å². The maximum atomic E-state index is 12.0. The summed E-state index contributed by atoms with van der Waals surface area (Å²) < 4.78 is 5.08. The van der Waals surface area contributed by atoms with E-state index in [1.165, 1.54) is 0 Å². The van der Waals surface area contributed by atoms with Crippen LogP contribution in [0.15, 0.2) is 54.6 Å². The number of halogens is 1. The third kappa shape index (κ3) is 4.77. The molecule has 0 saturated heterocycles. The van der Waals surface area contributed by atoms with Gasteiger partial charge >= 0.3 is 0 Å². The molecular formula is C16H19ClN2O2. The quantitative estimate of drug-likeness (QED) is 0.891. The van der Waals surface area contributed by atoms with Gasteiger partial charge in [-0.05, 0) is 23.3 Å². The third-order valence-electron chi connectivity index (χ3n) is 3.07. The molecule has 3 N–H and O–H groups in total. The fourth-order valence-corrected chi connectivity index (χ4v) is 1.85. The second kappa shape index (κ2) is 8.29. The van der Waals surface area contributed by atoms with Crippen LogP contribution in [0, 0.1) is 0 Å². The first-order valence-electron chi connectivity index (χ1n) is 6.42. The van der Waals surface area contributed by atoms with Gasteiger partial charge in [0, 0.05) is 6.54 Å². The number of rotatable bonds is 5. The van der Waals surface area contributed by atoms with Crippen molar-refractivity contribution >= 4 is 18.3 Å². The molecule has 0 aromatic heterocycles. The number of carbonyl (C=O) groups is 1. The van der Waals surface area contributed by atoms with Crippen molar-refractivity contribution in [3.63, 3.8) is 0 Å². The van der Waals surface area contributed by atoms with Crippen LogP contribution < -0.4 is 15.8 Å². The van der Waals surface area contributed by atoms with Gasteiger partial charge < -0.3 is 15.8 Å². The van der Waals surface area contributed by atoms with Crippen LogP contribution in [0.2, 0.25) is 0 Å². The van der Waals surface area contributed by atoms with Gasteiger partial charge in [-0.3, -0.25) is 4.79 Å². The van der Waals surface area contributed by atoms with Crippen LogP contribution in [0.3, 0.4) is 0 Å². The van der Waals surface area contributed by atoms with E-state index in [4.69, 9.17) is 10.5 Å². The van der Waals surface area contributed by atoms with Crippen molar-refractivity contribution in [2.24, 2.45) is 5.73 Å². The lowest BCUT2D eigenvalue weighted by molar-refractivity contribution is -0.122. The number of hydrogen-bond donors (Lipinski definition) is 2. The van der Waals surface area contributed by atoms with Gasteiger partial charge in [-0.15, -0.1) is 12.4 Å².